The Morgan fingerprint density at radius 1 is 1.33 bits per heavy atom. The number of hydrogen-bond donors (Lipinski definition) is 0. The van der Waals surface area contributed by atoms with Gasteiger partial charge in [-0.25, -0.2) is 4.98 Å². The Morgan fingerprint density at radius 2 is 2.06 bits per heavy atom. The van der Waals surface area contributed by atoms with E-state index < -0.39 is 0 Å². The van der Waals surface area contributed by atoms with Crippen LogP contribution in [0.1, 0.15) is 5.82 Å². The lowest BCUT2D eigenvalue weighted by Gasteiger charge is -2.10. The highest BCUT2D eigenvalue weighted by Gasteiger charge is 2.03. The Labute approximate surface area is 110 Å². The molecule has 0 spiro atoms. The van der Waals surface area contributed by atoms with Crippen molar-refractivity contribution in [3.05, 3.63) is 57.7 Å². The Hall–Kier alpha value is -1.81. The first-order chi connectivity index (χ1) is 8.66. The molecule has 2 aromatic rings. The minimum absolute atomic E-state index is 0.163. The second-order valence-corrected chi connectivity index (χ2v) is 4.16. The lowest BCUT2D eigenvalue weighted by atomic mass is 10.3. The lowest BCUT2D eigenvalue weighted by Crippen LogP contribution is -2.25. The van der Waals surface area contributed by atoms with E-state index in [-0.39, 0.29) is 10.7 Å². The normalized spacial score (nSPS) is 10.3. The van der Waals surface area contributed by atoms with Gasteiger partial charge in [0.15, 0.2) is 0 Å². The van der Waals surface area contributed by atoms with Crippen molar-refractivity contribution in [1.82, 2.24) is 9.55 Å². The molecule has 0 aliphatic carbocycles. The van der Waals surface area contributed by atoms with Crippen molar-refractivity contribution in [3.63, 3.8) is 0 Å². The first-order valence-corrected chi connectivity index (χ1v) is 5.96. The summed E-state index contributed by atoms with van der Waals surface area (Å²) in [5, 5.41) is 0.220. The topological polar surface area (TPSA) is 44.1 Å². The Kier molecular flexibility index (Phi) is 3.99. The average molecular weight is 265 g/mol. The van der Waals surface area contributed by atoms with Crippen molar-refractivity contribution in [2.45, 2.75) is 13.5 Å². The Morgan fingerprint density at radius 3 is 2.72 bits per heavy atom. The molecule has 5 heteroatoms. The number of hydrogen-bond acceptors (Lipinski definition) is 3. The summed E-state index contributed by atoms with van der Waals surface area (Å²) < 4.78 is 7.07. The summed E-state index contributed by atoms with van der Waals surface area (Å²) >= 11 is 5.70. The number of benzene rings is 1. The molecule has 0 saturated carbocycles. The number of rotatable bonds is 4. The summed E-state index contributed by atoms with van der Waals surface area (Å²) in [5.41, 5.74) is -0.163. The minimum atomic E-state index is -0.163. The third kappa shape index (κ3) is 3.11. The summed E-state index contributed by atoms with van der Waals surface area (Å²) in [6.07, 6.45) is 0. The van der Waals surface area contributed by atoms with Gasteiger partial charge in [-0.1, -0.05) is 29.8 Å². The number of nitrogens with zero attached hydrogens (tertiary/aromatic N) is 2. The smallest absolute Gasteiger partial charge is 0.255 e. The first-order valence-electron chi connectivity index (χ1n) is 5.58. The fourth-order valence-corrected chi connectivity index (χ4v) is 1.85. The molecule has 1 aromatic heterocycles. The number of halogens is 1. The average Bonchev–Trinajstić information content (AvgIpc) is 2.34. The standard InChI is InChI=1S/C13H13ClN2O2/c1-10-15-12(14)9-13(17)16(10)7-8-18-11-5-3-2-4-6-11/h2-6,9H,7-8H2,1H3. The number of aryl methyl sites for hydroxylation is 1. The molecule has 0 saturated heterocycles. The number of para-hydroxylation sites is 1. The van der Waals surface area contributed by atoms with Gasteiger partial charge in [-0.3, -0.25) is 9.36 Å². The molecule has 18 heavy (non-hydrogen) atoms. The summed E-state index contributed by atoms with van der Waals surface area (Å²) in [7, 11) is 0. The first kappa shape index (κ1) is 12.6. The van der Waals surface area contributed by atoms with Crippen molar-refractivity contribution in [2.75, 3.05) is 6.61 Å². The molecule has 0 radical (unpaired) electrons. The monoisotopic (exact) mass is 264 g/mol. The van der Waals surface area contributed by atoms with Gasteiger partial charge in [0.05, 0.1) is 6.54 Å². The van der Waals surface area contributed by atoms with Crippen LogP contribution >= 0.6 is 11.6 Å². The van der Waals surface area contributed by atoms with E-state index in [1.54, 1.807) is 6.92 Å². The molecule has 1 aromatic carbocycles. The molecule has 0 aliphatic heterocycles. The van der Waals surface area contributed by atoms with E-state index in [2.05, 4.69) is 4.98 Å². The summed E-state index contributed by atoms with van der Waals surface area (Å²) in [6.45, 7) is 2.60. The molecule has 0 atom stereocenters. The summed E-state index contributed by atoms with van der Waals surface area (Å²) in [4.78, 5) is 15.7. The summed E-state index contributed by atoms with van der Waals surface area (Å²) in [6, 6.07) is 10.8. The van der Waals surface area contributed by atoms with Crippen molar-refractivity contribution in [3.8, 4) is 5.75 Å². The predicted molar refractivity (Wildman–Crippen MR) is 70.2 cm³/mol. The van der Waals surface area contributed by atoms with Crippen LogP contribution in [0.25, 0.3) is 0 Å². The van der Waals surface area contributed by atoms with E-state index in [0.717, 1.165) is 5.75 Å². The second kappa shape index (κ2) is 5.69. The van der Waals surface area contributed by atoms with Crippen molar-refractivity contribution in [1.29, 1.82) is 0 Å². The van der Waals surface area contributed by atoms with Crippen LogP contribution in [0.4, 0.5) is 0 Å². The van der Waals surface area contributed by atoms with E-state index in [9.17, 15) is 4.79 Å². The van der Waals surface area contributed by atoms with Gasteiger partial charge < -0.3 is 4.74 Å². The maximum absolute atomic E-state index is 11.7. The molecule has 0 unspecified atom stereocenters. The van der Waals surface area contributed by atoms with Gasteiger partial charge in [-0.2, -0.15) is 0 Å². The minimum Gasteiger partial charge on any atom is -0.492 e. The van der Waals surface area contributed by atoms with Crippen LogP contribution in [0.2, 0.25) is 5.15 Å². The third-order valence-corrected chi connectivity index (χ3v) is 2.69. The number of aromatic nitrogens is 2. The van der Waals surface area contributed by atoms with E-state index in [1.165, 1.54) is 10.6 Å². The van der Waals surface area contributed by atoms with Crippen LogP contribution in [0.3, 0.4) is 0 Å². The molecule has 0 aliphatic rings. The van der Waals surface area contributed by atoms with Crippen LogP contribution in [0, 0.1) is 6.92 Å². The van der Waals surface area contributed by atoms with Gasteiger partial charge in [0.2, 0.25) is 0 Å². The molecule has 0 N–H and O–H groups in total. The maximum Gasteiger partial charge on any atom is 0.255 e. The maximum atomic E-state index is 11.7. The van der Waals surface area contributed by atoms with Crippen LogP contribution in [0.5, 0.6) is 5.75 Å². The Balaban J connectivity index is 2.01. The van der Waals surface area contributed by atoms with Crippen molar-refractivity contribution >= 4 is 11.6 Å². The third-order valence-electron chi connectivity index (χ3n) is 2.49. The van der Waals surface area contributed by atoms with Crippen LogP contribution in [-0.4, -0.2) is 16.2 Å². The zero-order valence-electron chi connectivity index (χ0n) is 9.97. The van der Waals surface area contributed by atoms with E-state index in [4.69, 9.17) is 16.3 Å². The van der Waals surface area contributed by atoms with Crippen LogP contribution in [0.15, 0.2) is 41.2 Å². The highest BCUT2D eigenvalue weighted by atomic mass is 35.5. The van der Waals surface area contributed by atoms with Crippen molar-refractivity contribution < 1.29 is 4.74 Å². The zero-order chi connectivity index (χ0) is 13.0. The van der Waals surface area contributed by atoms with Crippen LogP contribution in [-0.2, 0) is 6.54 Å². The van der Waals surface area contributed by atoms with Gasteiger partial charge >= 0.3 is 0 Å². The Bertz CT molecular complexity index is 581. The second-order valence-electron chi connectivity index (χ2n) is 3.78. The van der Waals surface area contributed by atoms with Gasteiger partial charge in [-0.05, 0) is 19.1 Å². The number of ether oxygens (including phenoxy) is 1. The molecular weight excluding hydrogens is 252 g/mol. The molecule has 94 valence electrons. The molecular formula is C13H13ClN2O2. The van der Waals surface area contributed by atoms with Gasteiger partial charge in [-0.15, -0.1) is 0 Å². The van der Waals surface area contributed by atoms with Crippen molar-refractivity contribution in [2.24, 2.45) is 0 Å². The lowest BCUT2D eigenvalue weighted by molar-refractivity contribution is 0.294. The SMILES string of the molecule is Cc1nc(Cl)cc(=O)n1CCOc1ccccc1. The molecule has 0 amide bonds. The molecule has 0 bridgehead atoms. The van der Waals surface area contributed by atoms with E-state index in [1.807, 2.05) is 30.3 Å². The molecule has 4 nitrogen and oxygen atoms in total. The molecule has 1 heterocycles. The highest BCUT2D eigenvalue weighted by Crippen LogP contribution is 2.08. The molecule has 0 fully saturated rings. The molecule has 2 rings (SSSR count). The van der Waals surface area contributed by atoms with Gasteiger partial charge in [0.25, 0.3) is 5.56 Å². The fourth-order valence-electron chi connectivity index (χ4n) is 1.63. The van der Waals surface area contributed by atoms with Gasteiger partial charge in [0, 0.05) is 6.07 Å². The zero-order valence-corrected chi connectivity index (χ0v) is 10.7. The van der Waals surface area contributed by atoms with Gasteiger partial charge in [0.1, 0.15) is 23.3 Å². The summed E-state index contributed by atoms with van der Waals surface area (Å²) in [5.74, 6) is 1.37. The van der Waals surface area contributed by atoms with E-state index >= 15 is 0 Å². The highest BCUT2D eigenvalue weighted by molar-refractivity contribution is 6.29. The fraction of sp³-hybridized carbons (Fsp3) is 0.231. The quantitative estimate of drug-likeness (QED) is 0.796. The van der Waals surface area contributed by atoms with E-state index in [0.29, 0.717) is 19.0 Å². The largest absolute Gasteiger partial charge is 0.492 e. The van der Waals surface area contributed by atoms with Crippen LogP contribution < -0.4 is 10.3 Å². The predicted octanol–water partition coefficient (Wildman–Crippen LogP) is 2.28.